The summed E-state index contributed by atoms with van der Waals surface area (Å²) >= 11 is 0. The van der Waals surface area contributed by atoms with Crippen LogP contribution in [0, 0.1) is 0 Å². The van der Waals surface area contributed by atoms with Crippen molar-refractivity contribution in [2.45, 2.75) is 31.7 Å². The largest absolute Gasteiger partial charge is 0.423 e. The molecule has 0 radical (unpaired) electrons. The summed E-state index contributed by atoms with van der Waals surface area (Å²) in [4.78, 5) is 0. The highest BCUT2D eigenvalue weighted by Crippen LogP contribution is 2.32. The third kappa shape index (κ3) is 1.65. The molecule has 0 unspecified atom stereocenters. The van der Waals surface area contributed by atoms with Crippen LogP contribution in [0.5, 0.6) is 0 Å². The van der Waals surface area contributed by atoms with Crippen molar-refractivity contribution in [3.63, 3.8) is 0 Å². The highest BCUT2D eigenvalue weighted by molar-refractivity contribution is 5.02. The Morgan fingerprint density at radius 1 is 1.36 bits per heavy atom. The third-order valence-electron chi connectivity index (χ3n) is 2.75. The number of hydrogen-bond donors (Lipinski definition) is 1. The Hall–Kier alpha value is -0.940. The first-order valence-corrected chi connectivity index (χ1v) is 4.85. The molecule has 0 atom stereocenters. The molecule has 1 aliphatic rings. The molecular formula is C9H15N3O2. The molecule has 0 saturated carbocycles. The molecule has 0 bridgehead atoms. The van der Waals surface area contributed by atoms with Gasteiger partial charge in [0, 0.05) is 13.2 Å². The van der Waals surface area contributed by atoms with Crippen molar-refractivity contribution in [2.75, 3.05) is 13.2 Å². The van der Waals surface area contributed by atoms with Crippen LogP contribution in [0.4, 0.5) is 0 Å². The topological polar surface area (TPSA) is 74.2 Å². The van der Waals surface area contributed by atoms with Crippen molar-refractivity contribution >= 4 is 0 Å². The van der Waals surface area contributed by atoms with Gasteiger partial charge in [0.25, 0.3) is 0 Å². The number of hydrogen-bond acceptors (Lipinski definition) is 5. The normalized spacial score (nSPS) is 21.0. The first kappa shape index (κ1) is 9.61. The van der Waals surface area contributed by atoms with Crippen LogP contribution in [0.3, 0.4) is 0 Å². The fraction of sp³-hybridized carbons (Fsp3) is 0.778. The zero-order valence-electron chi connectivity index (χ0n) is 8.32. The standard InChI is InChI=1S/C9H15N3O2/c1-9(2-4-13-5-3-9)8-12-11-7(6-10)14-8/h2-6,10H2,1H3. The van der Waals surface area contributed by atoms with E-state index in [4.69, 9.17) is 14.9 Å². The van der Waals surface area contributed by atoms with Crippen LogP contribution in [0.2, 0.25) is 0 Å². The van der Waals surface area contributed by atoms with Gasteiger partial charge in [-0.2, -0.15) is 0 Å². The van der Waals surface area contributed by atoms with E-state index in [1.807, 2.05) is 0 Å². The molecule has 5 heteroatoms. The fourth-order valence-corrected chi connectivity index (χ4v) is 1.62. The number of aromatic nitrogens is 2. The molecule has 1 saturated heterocycles. The smallest absolute Gasteiger partial charge is 0.230 e. The number of nitrogens with zero attached hydrogens (tertiary/aromatic N) is 2. The molecule has 0 aliphatic carbocycles. The Kier molecular flexibility index (Phi) is 2.52. The molecule has 2 N–H and O–H groups in total. The Morgan fingerprint density at radius 2 is 2.07 bits per heavy atom. The lowest BCUT2D eigenvalue weighted by atomic mass is 9.82. The zero-order valence-corrected chi connectivity index (χ0v) is 8.32. The summed E-state index contributed by atoms with van der Waals surface area (Å²) in [5, 5.41) is 7.90. The molecule has 1 aromatic heterocycles. The van der Waals surface area contributed by atoms with Crippen LogP contribution < -0.4 is 5.73 Å². The van der Waals surface area contributed by atoms with Crippen molar-refractivity contribution in [3.05, 3.63) is 11.8 Å². The summed E-state index contributed by atoms with van der Waals surface area (Å²) in [5.74, 6) is 1.20. The lowest BCUT2D eigenvalue weighted by Crippen LogP contribution is -2.30. The fourth-order valence-electron chi connectivity index (χ4n) is 1.62. The number of ether oxygens (including phenoxy) is 1. The summed E-state index contributed by atoms with van der Waals surface area (Å²) in [5.41, 5.74) is 5.39. The van der Waals surface area contributed by atoms with Crippen LogP contribution in [-0.2, 0) is 16.7 Å². The van der Waals surface area contributed by atoms with E-state index in [1.54, 1.807) is 0 Å². The lowest BCUT2D eigenvalue weighted by Gasteiger charge is -2.29. The van der Waals surface area contributed by atoms with Crippen molar-refractivity contribution in [2.24, 2.45) is 5.73 Å². The Labute approximate surface area is 82.6 Å². The predicted octanol–water partition coefficient (Wildman–Crippen LogP) is 0.596. The SMILES string of the molecule is CC1(c2nnc(CN)o2)CCOCC1. The van der Waals surface area contributed by atoms with E-state index < -0.39 is 0 Å². The Morgan fingerprint density at radius 3 is 2.64 bits per heavy atom. The average molecular weight is 197 g/mol. The van der Waals surface area contributed by atoms with Gasteiger partial charge in [0.2, 0.25) is 11.8 Å². The van der Waals surface area contributed by atoms with Gasteiger partial charge in [-0.3, -0.25) is 0 Å². The van der Waals surface area contributed by atoms with Gasteiger partial charge in [0.1, 0.15) is 0 Å². The lowest BCUT2D eigenvalue weighted by molar-refractivity contribution is 0.0465. The first-order chi connectivity index (χ1) is 6.74. The third-order valence-corrected chi connectivity index (χ3v) is 2.75. The summed E-state index contributed by atoms with van der Waals surface area (Å²) in [6.45, 7) is 3.95. The molecule has 14 heavy (non-hydrogen) atoms. The summed E-state index contributed by atoms with van der Waals surface area (Å²) in [7, 11) is 0. The van der Waals surface area contributed by atoms with E-state index >= 15 is 0 Å². The quantitative estimate of drug-likeness (QED) is 0.751. The molecule has 5 nitrogen and oxygen atoms in total. The molecule has 0 amide bonds. The van der Waals surface area contributed by atoms with E-state index in [-0.39, 0.29) is 5.41 Å². The molecule has 1 aliphatic heterocycles. The number of rotatable bonds is 2. The van der Waals surface area contributed by atoms with Gasteiger partial charge >= 0.3 is 0 Å². The molecule has 0 spiro atoms. The highest BCUT2D eigenvalue weighted by Gasteiger charge is 2.34. The molecule has 2 heterocycles. The van der Waals surface area contributed by atoms with Gasteiger partial charge in [-0.1, -0.05) is 6.92 Å². The van der Waals surface area contributed by atoms with E-state index in [1.165, 1.54) is 0 Å². The minimum atomic E-state index is -0.0291. The van der Waals surface area contributed by atoms with Gasteiger partial charge < -0.3 is 14.9 Å². The van der Waals surface area contributed by atoms with Crippen molar-refractivity contribution in [1.29, 1.82) is 0 Å². The van der Waals surface area contributed by atoms with Gasteiger partial charge in [-0.05, 0) is 12.8 Å². The molecule has 0 aromatic carbocycles. The maximum atomic E-state index is 5.47. The zero-order chi connectivity index (χ0) is 10.0. The van der Waals surface area contributed by atoms with E-state index in [0.717, 1.165) is 26.1 Å². The van der Waals surface area contributed by atoms with Crippen LogP contribution in [0.25, 0.3) is 0 Å². The van der Waals surface area contributed by atoms with Crippen LogP contribution in [0.15, 0.2) is 4.42 Å². The first-order valence-electron chi connectivity index (χ1n) is 4.85. The minimum Gasteiger partial charge on any atom is -0.423 e. The van der Waals surface area contributed by atoms with Gasteiger partial charge in [-0.25, -0.2) is 0 Å². The van der Waals surface area contributed by atoms with Gasteiger partial charge in [0.15, 0.2) is 0 Å². The van der Waals surface area contributed by atoms with Crippen molar-refractivity contribution in [3.8, 4) is 0 Å². The maximum Gasteiger partial charge on any atom is 0.230 e. The van der Waals surface area contributed by atoms with Gasteiger partial charge in [0.05, 0.1) is 12.0 Å². The van der Waals surface area contributed by atoms with Crippen LogP contribution in [0.1, 0.15) is 31.5 Å². The molecule has 1 fully saturated rings. The van der Waals surface area contributed by atoms with Crippen molar-refractivity contribution in [1.82, 2.24) is 10.2 Å². The minimum absolute atomic E-state index is 0.0291. The second-order valence-corrected chi connectivity index (χ2v) is 3.88. The second-order valence-electron chi connectivity index (χ2n) is 3.88. The average Bonchev–Trinajstić information content (AvgIpc) is 2.67. The molecule has 2 rings (SSSR count). The highest BCUT2D eigenvalue weighted by atomic mass is 16.5. The predicted molar refractivity (Wildman–Crippen MR) is 49.6 cm³/mol. The van der Waals surface area contributed by atoms with Crippen LogP contribution in [-0.4, -0.2) is 23.4 Å². The van der Waals surface area contributed by atoms with Crippen LogP contribution >= 0.6 is 0 Å². The summed E-state index contributed by atoms with van der Waals surface area (Å²) in [6.07, 6.45) is 1.86. The Bertz CT molecular complexity index is 305. The summed E-state index contributed by atoms with van der Waals surface area (Å²) < 4.78 is 10.8. The second kappa shape index (κ2) is 3.67. The van der Waals surface area contributed by atoms with E-state index in [9.17, 15) is 0 Å². The van der Waals surface area contributed by atoms with E-state index in [2.05, 4.69) is 17.1 Å². The number of nitrogens with two attached hydrogens (primary N) is 1. The molecule has 1 aromatic rings. The maximum absolute atomic E-state index is 5.47. The molecule has 78 valence electrons. The Balaban J connectivity index is 2.19. The van der Waals surface area contributed by atoms with Gasteiger partial charge in [-0.15, -0.1) is 10.2 Å². The monoisotopic (exact) mass is 197 g/mol. The molecular weight excluding hydrogens is 182 g/mol. The van der Waals surface area contributed by atoms with Crippen molar-refractivity contribution < 1.29 is 9.15 Å². The summed E-state index contributed by atoms with van der Waals surface area (Å²) in [6, 6.07) is 0. The van der Waals surface area contributed by atoms with E-state index in [0.29, 0.717) is 18.3 Å².